The van der Waals surface area contributed by atoms with Crippen LogP contribution >= 0.6 is 0 Å². The van der Waals surface area contributed by atoms with Crippen molar-refractivity contribution in [1.29, 1.82) is 0 Å². The van der Waals surface area contributed by atoms with Crippen molar-refractivity contribution in [3.8, 4) is 5.75 Å². The number of carbonyl (C=O) groups is 2. The zero-order valence-corrected chi connectivity index (χ0v) is 14.2. The van der Waals surface area contributed by atoms with Gasteiger partial charge >= 0.3 is 11.9 Å². The van der Waals surface area contributed by atoms with E-state index >= 15 is 0 Å². The van der Waals surface area contributed by atoms with Crippen molar-refractivity contribution in [2.45, 2.75) is 45.8 Å². The molecule has 0 amide bonds. The molecule has 1 aromatic rings. The van der Waals surface area contributed by atoms with Crippen molar-refractivity contribution >= 4 is 17.6 Å². The lowest BCUT2D eigenvalue weighted by Crippen LogP contribution is -2.30. The molecule has 0 radical (unpaired) electrons. The summed E-state index contributed by atoms with van der Waals surface area (Å²) in [6.07, 6.45) is 0. The number of azo groups is 1. The van der Waals surface area contributed by atoms with E-state index in [4.69, 9.17) is 4.74 Å². The highest BCUT2D eigenvalue weighted by Crippen LogP contribution is 2.27. The number of ether oxygens (including phenoxy) is 2. The molecule has 0 saturated carbocycles. The van der Waals surface area contributed by atoms with E-state index in [0.717, 1.165) is 0 Å². The minimum atomic E-state index is -1.15. The van der Waals surface area contributed by atoms with E-state index in [9.17, 15) is 14.7 Å². The molecule has 0 aliphatic carbocycles. The van der Waals surface area contributed by atoms with Gasteiger partial charge in [0.15, 0.2) is 5.54 Å². The van der Waals surface area contributed by atoms with Crippen LogP contribution in [0.3, 0.4) is 0 Å². The second-order valence-electron chi connectivity index (χ2n) is 6.45. The number of hydrogen-bond donors (Lipinski definition) is 1. The van der Waals surface area contributed by atoms with Crippen LogP contribution in [0.4, 0.5) is 5.69 Å². The number of methoxy groups -OCH3 is 1. The van der Waals surface area contributed by atoms with Crippen LogP contribution in [0.25, 0.3) is 0 Å². The minimum Gasteiger partial charge on any atom is -0.507 e. The third-order valence-corrected chi connectivity index (χ3v) is 2.70. The fourth-order valence-corrected chi connectivity index (χ4v) is 1.56. The Kier molecular flexibility index (Phi) is 5.47. The summed E-state index contributed by atoms with van der Waals surface area (Å²) in [6.45, 7) is 8.29. The monoisotopic (exact) mass is 322 g/mol. The molecule has 0 fully saturated rings. The van der Waals surface area contributed by atoms with Crippen LogP contribution < -0.4 is 0 Å². The number of esters is 2. The van der Waals surface area contributed by atoms with E-state index in [1.807, 2.05) is 0 Å². The third kappa shape index (κ3) is 5.36. The second kappa shape index (κ2) is 6.76. The number of nitrogens with zero attached hydrogens (tertiary/aromatic N) is 2. The summed E-state index contributed by atoms with van der Waals surface area (Å²) < 4.78 is 9.85. The van der Waals surface area contributed by atoms with Gasteiger partial charge in [-0.3, -0.25) is 0 Å². The maximum absolute atomic E-state index is 12.1. The Balaban J connectivity index is 3.06. The van der Waals surface area contributed by atoms with Crippen LogP contribution in [0.1, 0.15) is 45.0 Å². The molecule has 0 spiro atoms. The number of phenolic OH excluding ortho intramolecular Hbond substituents is 1. The second-order valence-corrected chi connectivity index (χ2v) is 6.45. The smallest absolute Gasteiger partial charge is 0.342 e. The van der Waals surface area contributed by atoms with E-state index in [1.54, 1.807) is 34.6 Å². The molecule has 0 bridgehead atoms. The summed E-state index contributed by atoms with van der Waals surface area (Å²) in [6, 6.07) is 4.14. The highest BCUT2D eigenvalue weighted by molar-refractivity contribution is 5.93. The van der Waals surface area contributed by atoms with Gasteiger partial charge < -0.3 is 14.6 Å². The van der Waals surface area contributed by atoms with Gasteiger partial charge in [-0.05, 0) is 52.8 Å². The Morgan fingerprint density at radius 2 is 1.74 bits per heavy atom. The summed E-state index contributed by atoms with van der Waals surface area (Å²) in [4.78, 5) is 23.6. The van der Waals surface area contributed by atoms with Gasteiger partial charge in [-0.2, -0.15) is 10.2 Å². The molecule has 0 saturated heterocycles. The molecule has 0 unspecified atom stereocenters. The normalized spacial score (nSPS) is 12.3. The first kappa shape index (κ1) is 18.6. The van der Waals surface area contributed by atoms with Gasteiger partial charge in [-0.1, -0.05) is 0 Å². The predicted octanol–water partition coefficient (Wildman–Crippen LogP) is 3.38. The Morgan fingerprint density at radius 3 is 2.26 bits per heavy atom. The van der Waals surface area contributed by atoms with Gasteiger partial charge in [0.2, 0.25) is 0 Å². The number of aromatic hydroxyl groups is 1. The van der Waals surface area contributed by atoms with E-state index in [2.05, 4.69) is 15.0 Å². The van der Waals surface area contributed by atoms with Crippen LogP contribution in [0.2, 0.25) is 0 Å². The van der Waals surface area contributed by atoms with Crippen molar-refractivity contribution in [2.24, 2.45) is 10.2 Å². The molecule has 7 nitrogen and oxygen atoms in total. The SMILES string of the molecule is COC(=O)C(C)(C)N=Nc1ccc(O)c(C(=O)OC(C)(C)C)c1. The fraction of sp³-hybridized carbons (Fsp3) is 0.500. The van der Waals surface area contributed by atoms with E-state index in [-0.39, 0.29) is 11.3 Å². The predicted molar refractivity (Wildman–Crippen MR) is 83.9 cm³/mol. The van der Waals surface area contributed by atoms with Crippen molar-refractivity contribution in [2.75, 3.05) is 7.11 Å². The molecule has 126 valence electrons. The molecular weight excluding hydrogens is 300 g/mol. The fourth-order valence-electron chi connectivity index (χ4n) is 1.56. The lowest BCUT2D eigenvalue weighted by molar-refractivity contribution is -0.145. The van der Waals surface area contributed by atoms with E-state index in [0.29, 0.717) is 5.69 Å². The molecule has 0 atom stereocenters. The number of rotatable bonds is 4. The Labute approximate surface area is 135 Å². The number of carbonyl (C=O) groups excluding carboxylic acids is 2. The van der Waals surface area contributed by atoms with Crippen LogP contribution in [-0.4, -0.2) is 35.3 Å². The maximum Gasteiger partial charge on any atom is 0.342 e. The first-order valence-electron chi connectivity index (χ1n) is 7.04. The average molecular weight is 322 g/mol. The molecular formula is C16H22N2O5. The molecule has 1 rings (SSSR count). The molecule has 23 heavy (non-hydrogen) atoms. The van der Waals surface area contributed by atoms with Crippen molar-refractivity contribution in [1.82, 2.24) is 0 Å². The zero-order chi connectivity index (χ0) is 17.8. The maximum atomic E-state index is 12.1. The van der Waals surface area contributed by atoms with Crippen molar-refractivity contribution in [3.05, 3.63) is 23.8 Å². The third-order valence-electron chi connectivity index (χ3n) is 2.70. The van der Waals surface area contributed by atoms with E-state index < -0.39 is 23.1 Å². The topological polar surface area (TPSA) is 97.5 Å². The average Bonchev–Trinajstić information content (AvgIpc) is 2.43. The molecule has 0 aliphatic heterocycles. The number of phenols is 1. The van der Waals surface area contributed by atoms with Gasteiger partial charge in [0.1, 0.15) is 16.9 Å². The van der Waals surface area contributed by atoms with Gasteiger partial charge in [0.05, 0.1) is 12.8 Å². The molecule has 0 heterocycles. The van der Waals surface area contributed by atoms with Crippen LogP contribution in [0.15, 0.2) is 28.4 Å². The molecule has 7 heteroatoms. The standard InChI is InChI=1S/C16H22N2O5/c1-15(2,3)23-13(20)11-9-10(7-8-12(11)19)17-18-16(4,5)14(21)22-6/h7-9,19H,1-6H3. The Morgan fingerprint density at radius 1 is 1.13 bits per heavy atom. The van der Waals surface area contributed by atoms with Gasteiger partial charge in [-0.15, -0.1) is 0 Å². The van der Waals surface area contributed by atoms with Crippen LogP contribution in [0, 0.1) is 0 Å². The van der Waals surface area contributed by atoms with E-state index in [1.165, 1.54) is 25.3 Å². The van der Waals surface area contributed by atoms with Gasteiger partial charge in [-0.25, -0.2) is 9.59 Å². The van der Waals surface area contributed by atoms with Gasteiger partial charge in [0, 0.05) is 0 Å². The first-order chi connectivity index (χ1) is 10.5. The zero-order valence-electron chi connectivity index (χ0n) is 14.2. The lowest BCUT2D eigenvalue weighted by atomic mass is 10.1. The highest BCUT2D eigenvalue weighted by atomic mass is 16.6. The van der Waals surface area contributed by atoms with Crippen LogP contribution in [-0.2, 0) is 14.3 Å². The van der Waals surface area contributed by atoms with Crippen molar-refractivity contribution in [3.63, 3.8) is 0 Å². The number of hydrogen-bond acceptors (Lipinski definition) is 7. The molecule has 1 N–H and O–H groups in total. The lowest BCUT2D eigenvalue weighted by Gasteiger charge is -2.19. The summed E-state index contributed by atoms with van der Waals surface area (Å²) in [5.41, 5.74) is -1.56. The summed E-state index contributed by atoms with van der Waals surface area (Å²) in [5.74, 6) is -1.42. The van der Waals surface area contributed by atoms with Crippen molar-refractivity contribution < 1.29 is 24.2 Å². The molecule has 0 aliphatic rings. The quantitative estimate of drug-likeness (QED) is 0.677. The summed E-state index contributed by atoms with van der Waals surface area (Å²) >= 11 is 0. The van der Waals surface area contributed by atoms with Crippen LogP contribution in [0.5, 0.6) is 5.75 Å². The molecule has 0 aromatic heterocycles. The Bertz CT molecular complexity index is 630. The number of benzene rings is 1. The van der Waals surface area contributed by atoms with Gasteiger partial charge in [0.25, 0.3) is 0 Å². The highest BCUT2D eigenvalue weighted by Gasteiger charge is 2.28. The summed E-state index contributed by atoms with van der Waals surface area (Å²) in [5, 5.41) is 17.7. The largest absolute Gasteiger partial charge is 0.507 e. The Hall–Kier alpha value is -2.44. The minimum absolute atomic E-state index is 0.0211. The first-order valence-corrected chi connectivity index (χ1v) is 7.04. The molecule has 1 aromatic carbocycles. The summed E-state index contributed by atoms with van der Waals surface area (Å²) in [7, 11) is 1.26.